The summed E-state index contributed by atoms with van der Waals surface area (Å²) in [7, 11) is 0. The van der Waals surface area contributed by atoms with E-state index in [-0.39, 0.29) is 0 Å². The number of hydrogen-bond acceptors (Lipinski definition) is 2. The highest BCUT2D eigenvalue weighted by atomic mass is 79.9. The third kappa shape index (κ3) is 4.41. The summed E-state index contributed by atoms with van der Waals surface area (Å²) in [6.07, 6.45) is 3.35. The molecule has 1 saturated heterocycles. The van der Waals surface area contributed by atoms with Crippen LogP contribution in [0, 0.1) is 5.92 Å². The molecule has 0 amide bonds. The summed E-state index contributed by atoms with van der Waals surface area (Å²) >= 11 is 3.51. The molecule has 1 fully saturated rings. The van der Waals surface area contributed by atoms with Crippen LogP contribution in [0.3, 0.4) is 0 Å². The largest absolute Gasteiger partial charge is 0.372 e. The van der Waals surface area contributed by atoms with Crippen LogP contribution >= 0.6 is 15.9 Å². The Bertz CT molecular complexity index is 173. The van der Waals surface area contributed by atoms with Gasteiger partial charge in [0.2, 0.25) is 0 Å². The van der Waals surface area contributed by atoms with Crippen molar-refractivity contribution in [2.45, 2.75) is 45.8 Å². The molecule has 0 bridgehead atoms. The second-order valence-corrected chi connectivity index (χ2v) is 5.27. The standard InChI is InChI=1S/C12H24BrNO/c1-4-11(5-2)8-14-7-10(3)15-12(6-13)9-14/h10-12H,4-9H2,1-3H3. The maximum absolute atomic E-state index is 5.83. The van der Waals surface area contributed by atoms with Crippen molar-refractivity contribution in [3.63, 3.8) is 0 Å². The Morgan fingerprint density at radius 1 is 1.33 bits per heavy atom. The van der Waals surface area contributed by atoms with Gasteiger partial charge >= 0.3 is 0 Å². The average molecular weight is 278 g/mol. The van der Waals surface area contributed by atoms with Gasteiger partial charge in [-0.05, 0) is 12.8 Å². The van der Waals surface area contributed by atoms with Crippen molar-refractivity contribution in [2.24, 2.45) is 5.92 Å². The highest BCUT2D eigenvalue weighted by Gasteiger charge is 2.25. The summed E-state index contributed by atoms with van der Waals surface area (Å²) in [5.41, 5.74) is 0. The van der Waals surface area contributed by atoms with E-state index in [1.165, 1.54) is 19.4 Å². The molecule has 1 aliphatic rings. The second kappa shape index (κ2) is 6.87. The molecule has 15 heavy (non-hydrogen) atoms. The number of hydrogen-bond donors (Lipinski definition) is 0. The summed E-state index contributed by atoms with van der Waals surface area (Å²) in [5.74, 6) is 0.853. The van der Waals surface area contributed by atoms with Gasteiger partial charge in [-0.2, -0.15) is 0 Å². The number of halogens is 1. The summed E-state index contributed by atoms with van der Waals surface area (Å²) in [6.45, 7) is 10.2. The summed E-state index contributed by atoms with van der Waals surface area (Å²) in [4.78, 5) is 2.57. The fourth-order valence-electron chi connectivity index (χ4n) is 2.29. The summed E-state index contributed by atoms with van der Waals surface area (Å²) in [5, 5.41) is 0.955. The number of morpholine rings is 1. The molecule has 0 aromatic carbocycles. The smallest absolute Gasteiger partial charge is 0.0802 e. The van der Waals surface area contributed by atoms with E-state index in [1.54, 1.807) is 0 Å². The molecule has 0 aromatic rings. The van der Waals surface area contributed by atoms with Gasteiger partial charge in [0.15, 0.2) is 0 Å². The Morgan fingerprint density at radius 3 is 2.53 bits per heavy atom. The Hall–Kier alpha value is 0.400. The monoisotopic (exact) mass is 277 g/mol. The molecule has 3 heteroatoms. The lowest BCUT2D eigenvalue weighted by Crippen LogP contribution is -2.48. The zero-order chi connectivity index (χ0) is 11.3. The molecular weight excluding hydrogens is 254 g/mol. The fourth-order valence-corrected chi connectivity index (χ4v) is 2.64. The Labute approximate surface area is 102 Å². The van der Waals surface area contributed by atoms with Crippen molar-refractivity contribution >= 4 is 15.9 Å². The first-order valence-electron chi connectivity index (χ1n) is 6.13. The molecule has 0 aliphatic carbocycles. The molecule has 1 heterocycles. The van der Waals surface area contributed by atoms with Crippen LogP contribution in [0.1, 0.15) is 33.6 Å². The lowest BCUT2D eigenvalue weighted by molar-refractivity contribution is -0.0690. The predicted octanol–water partition coefficient (Wildman–Crippen LogP) is 2.91. The molecule has 0 saturated carbocycles. The van der Waals surface area contributed by atoms with Crippen LogP contribution in [-0.4, -0.2) is 42.1 Å². The minimum atomic E-state index is 0.378. The minimum absolute atomic E-state index is 0.378. The van der Waals surface area contributed by atoms with Crippen LogP contribution in [0.25, 0.3) is 0 Å². The Balaban J connectivity index is 2.39. The van der Waals surface area contributed by atoms with E-state index in [1.807, 2.05) is 0 Å². The normalized spacial score (nSPS) is 28.6. The molecule has 2 unspecified atom stereocenters. The predicted molar refractivity (Wildman–Crippen MR) is 68.6 cm³/mol. The topological polar surface area (TPSA) is 12.5 Å². The molecule has 2 nitrogen and oxygen atoms in total. The maximum Gasteiger partial charge on any atom is 0.0802 e. The molecule has 1 aliphatic heterocycles. The van der Waals surface area contributed by atoms with E-state index in [0.29, 0.717) is 12.2 Å². The molecular formula is C12H24BrNO. The lowest BCUT2D eigenvalue weighted by Gasteiger charge is -2.37. The van der Waals surface area contributed by atoms with Crippen LogP contribution in [0.5, 0.6) is 0 Å². The number of nitrogens with zero attached hydrogens (tertiary/aromatic N) is 1. The van der Waals surface area contributed by atoms with E-state index in [0.717, 1.165) is 24.3 Å². The van der Waals surface area contributed by atoms with Gasteiger partial charge in [0.25, 0.3) is 0 Å². The van der Waals surface area contributed by atoms with Crippen LogP contribution in [0.2, 0.25) is 0 Å². The van der Waals surface area contributed by atoms with Crippen LogP contribution < -0.4 is 0 Å². The molecule has 2 atom stereocenters. The lowest BCUT2D eigenvalue weighted by atomic mass is 10.0. The molecule has 90 valence electrons. The SMILES string of the molecule is CCC(CC)CN1CC(C)OC(CBr)C1. The van der Waals surface area contributed by atoms with Crippen LogP contribution in [-0.2, 0) is 4.74 Å². The van der Waals surface area contributed by atoms with E-state index >= 15 is 0 Å². The van der Waals surface area contributed by atoms with Crippen molar-refractivity contribution in [1.82, 2.24) is 4.90 Å². The molecule has 0 spiro atoms. The first-order chi connectivity index (χ1) is 7.19. The number of rotatable bonds is 5. The number of ether oxygens (including phenoxy) is 1. The van der Waals surface area contributed by atoms with Gasteiger partial charge in [0.05, 0.1) is 12.2 Å². The third-order valence-electron chi connectivity index (χ3n) is 3.25. The maximum atomic E-state index is 5.83. The number of alkyl halides is 1. The van der Waals surface area contributed by atoms with Crippen molar-refractivity contribution in [3.8, 4) is 0 Å². The first kappa shape index (κ1) is 13.5. The zero-order valence-electron chi connectivity index (χ0n) is 10.2. The van der Waals surface area contributed by atoms with Gasteiger partial charge in [-0.1, -0.05) is 42.6 Å². The van der Waals surface area contributed by atoms with Gasteiger partial charge in [-0.25, -0.2) is 0 Å². The van der Waals surface area contributed by atoms with E-state index in [2.05, 4.69) is 41.6 Å². The van der Waals surface area contributed by atoms with Gasteiger partial charge in [-0.15, -0.1) is 0 Å². The average Bonchev–Trinajstić information content (AvgIpc) is 2.25. The molecule has 1 rings (SSSR count). The van der Waals surface area contributed by atoms with Crippen LogP contribution in [0.15, 0.2) is 0 Å². The van der Waals surface area contributed by atoms with Gasteiger partial charge in [-0.3, -0.25) is 4.90 Å². The van der Waals surface area contributed by atoms with Crippen molar-refractivity contribution in [1.29, 1.82) is 0 Å². The molecule has 0 radical (unpaired) electrons. The molecule has 0 N–H and O–H groups in total. The quantitative estimate of drug-likeness (QED) is 0.717. The second-order valence-electron chi connectivity index (χ2n) is 4.62. The molecule has 0 aromatic heterocycles. The highest BCUT2D eigenvalue weighted by Crippen LogP contribution is 2.17. The summed E-state index contributed by atoms with van der Waals surface area (Å²) in [6, 6.07) is 0. The van der Waals surface area contributed by atoms with Gasteiger partial charge in [0, 0.05) is 25.0 Å². The van der Waals surface area contributed by atoms with Crippen molar-refractivity contribution in [3.05, 3.63) is 0 Å². The van der Waals surface area contributed by atoms with E-state index in [9.17, 15) is 0 Å². The fraction of sp³-hybridized carbons (Fsp3) is 1.00. The van der Waals surface area contributed by atoms with Gasteiger partial charge in [0.1, 0.15) is 0 Å². The zero-order valence-corrected chi connectivity index (χ0v) is 11.8. The van der Waals surface area contributed by atoms with Gasteiger partial charge < -0.3 is 4.74 Å². The first-order valence-corrected chi connectivity index (χ1v) is 7.25. The minimum Gasteiger partial charge on any atom is -0.372 e. The van der Waals surface area contributed by atoms with E-state index in [4.69, 9.17) is 4.74 Å². The van der Waals surface area contributed by atoms with Crippen molar-refractivity contribution < 1.29 is 4.74 Å². The highest BCUT2D eigenvalue weighted by molar-refractivity contribution is 9.09. The van der Waals surface area contributed by atoms with Crippen LogP contribution in [0.4, 0.5) is 0 Å². The summed E-state index contributed by atoms with van der Waals surface area (Å²) < 4.78 is 5.83. The third-order valence-corrected chi connectivity index (χ3v) is 3.97. The Kier molecular flexibility index (Phi) is 6.17. The van der Waals surface area contributed by atoms with Crippen molar-refractivity contribution in [2.75, 3.05) is 25.0 Å². The van der Waals surface area contributed by atoms with E-state index < -0.39 is 0 Å². The Morgan fingerprint density at radius 2 is 2.00 bits per heavy atom.